The second kappa shape index (κ2) is 6.24. The Balaban J connectivity index is 2.31. The molecule has 120 valence electrons. The fourth-order valence-electron chi connectivity index (χ4n) is 2.22. The minimum atomic E-state index is -0.458. The molecular formula is C16H23BClNO3. The maximum absolute atomic E-state index is 6.10. The molecule has 0 bridgehead atoms. The third-order valence-corrected chi connectivity index (χ3v) is 4.49. The molecule has 0 saturated carbocycles. The van der Waals surface area contributed by atoms with Crippen molar-refractivity contribution in [2.75, 3.05) is 13.7 Å². The van der Waals surface area contributed by atoms with Gasteiger partial charge in [-0.25, -0.2) is 0 Å². The molecule has 1 fully saturated rings. The van der Waals surface area contributed by atoms with Gasteiger partial charge < -0.3 is 19.8 Å². The van der Waals surface area contributed by atoms with E-state index in [9.17, 15) is 0 Å². The molecule has 1 aliphatic rings. The Hall–Kier alpha value is -1.01. The Morgan fingerprint density at radius 2 is 1.82 bits per heavy atom. The van der Waals surface area contributed by atoms with Gasteiger partial charge in [0.2, 0.25) is 0 Å². The van der Waals surface area contributed by atoms with Crippen LogP contribution in [0, 0.1) is 0 Å². The van der Waals surface area contributed by atoms with E-state index in [2.05, 4.69) is 0 Å². The van der Waals surface area contributed by atoms with E-state index in [1.165, 1.54) is 0 Å². The van der Waals surface area contributed by atoms with Crippen molar-refractivity contribution >= 4 is 24.8 Å². The summed E-state index contributed by atoms with van der Waals surface area (Å²) in [6.45, 7) is 8.41. The zero-order chi connectivity index (χ0) is 16.5. The molecule has 22 heavy (non-hydrogen) atoms. The van der Waals surface area contributed by atoms with Crippen molar-refractivity contribution in [3.63, 3.8) is 0 Å². The normalized spacial score (nSPS) is 20.3. The highest BCUT2D eigenvalue weighted by Gasteiger charge is 2.52. The van der Waals surface area contributed by atoms with Crippen molar-refractivity contribution in [3.05, 3.63) is 34.3 Å². The summed E-state index contributed by atoms with van der Waals surface area (Å²) in [6.07, 6.45) is 1.94. The molecule has 0 unspecified atom stereocenters. The summed E-state index contributed by atoms with van der Waals surface area (Å²) in [7, 11) is 1.15. The number of nitrogens with two attached hydrogens (primary N) is 1. The van der Waals surface area contributed by atoms with Crippen LogP contribution in [0.1, 0.15) is 33.3 Å². The first-order valence-corrected chi connectivity index (χ1v) is 7.67. The van der Waals surface area contributed by atoms with Crippen LogP contribution in [0.15, 0.2) is 23.7 Å². The molecule has 1 aliphatic heterocycles. The summed E-state index contributed by atoms with van der Waals surface area (Å²) in [5.41, 5.74) is 6.88. The summed E-state index contributed by atoms with van der Waals surface area (Å²) in [5.74, 6) is 0.698. The predicted molar refractivity (Wildman–Crippen MR) is 91.1 cm³/mol. The van der Waals surface area contributed by atoms with E-state index in [4.69, 9.17) is 31.4 Å². The first-order valence-electron chi connectivity index (χ1n) is 7.29. The molecule has 0 aliphatic carbocycles. The molecule has 0 atom stereocenters. The van der Waals surface area contributed by atoms with Gasteiger partial charge in [0.15, 0.2) is 0 Å². The SMILES string of the molecule is COc1cc(Cl)cc(C=C(CN)B2OC(C)(C)C(C)(C)O2)c1. The summed E-state index contributed by atoms with van der Waals surface area (Å²) < 4.78 is 17.3. The van der Waals surface area contributed by atoms with Crippen LogP contribution in [0.2, 0.25) is 5.02 Å². The van der Waals surface area contributed by atoms with Gasteiger partial charge in [0.25, 0.3) is 0 Å². The Morgan fingerprint density at radius 1 is 1.23 bits per heavy atom. The molecule has 6 heteroatoms. The average molecular weight is 324 g/mol. The maximum Gasteiger partial charge on any atom is 0.491 e. The number of hydrogen-bond donors (Lipinski definition) is 1. The fourth-order valence-corrected chi connectivity index (χ4v) is 2.45. The molecule has 1 heterocycles. The van der Waals surface area contributed by atoms with E-state index >= 15 is 0 Å². The Bertz CT molecular complexity index is 571. The molecule has 1 aromatic rings. The molecule has 1 aromatic carbocycles. The van der Waals surface area contributed by atoms with Gasteiger partial charge in [-0.05, 0) is 56.9 Å². The number of ether oxygens (including phenoxy) is 1. The molecule has 0 radical (unpaired) electrons. The summed E-state index contributed by atoms with van der Waals surface area (Å²) in [5, 5.41) is 0.607. The fraction of sp³-hybridized carbons (Fsp3) is 0.500. The molecule has 0 amide bonds. The lowest BCUT2D eigenvalue weighted by molar-refractivity contribution is 0.00578. The third-order valence-electron chi connectivity index (χ3n) is 4.27. The largest absolute Gasteiger partial charge is 0.497 e. The highest BCUT2D eigenvalue weighted by Crippen LogP contribution is 2.38. The van der Waals surface area contributed by atoms with Gasteiger partial charge in [-0.3, -0.25) is 0 Å². The van der Waals surface area contributed by atoms with Crippen LogP contribution in [0.4, 0.5) is 0 Å². The first kappa shape index (κ1) is 17.4. The van der Waals surface area contributed by atoms with Crippen LogP contribution in [0.25, 0.3) is 6.08 Å². The summed E-state index contributed by atoms with van der Waals surface area (Å²) in [4.78, 5) is 0. The van der Waals surface area contributed by atoms with Crippen molar-refractivity contribution in [2.45, 2.75) is 38.9 Å². The smallest absolute Gasteiger partial charge is 0.491 e. The van der Waals surface area contributed by atoms with Gasteiger partial charge in [-0.15, -0.1) is 0 Å². The lowest BCUT2D eigenvalue weighted by Crippen LogP contribution is -2.41. The summed E-state index contributed by atoms with van der Waals surface area (Å²) >= 11 is 6.10. The third kappa shape index (κ3) is 3.49. The molecule has 1 saturated heterocycles. The standard InChI is InChI=1S/C16H23BClNO3/c1-15(2)16(3,4)22-17(21-15)12(10-19)6-11-7-13(18)9-14(8-11)20-5/h6-9H,10,19H2,1-5H3. The van der Waals surface area contributed by atoms with Crippen molar-refractivity contribution in [1.82, 2.24) is 0 Å². The lowest BCUT2D eigenvalue weighted by Gasteiger charge is -2.32. The zero-order valence-corrected chi connectivity index (χ0v) is 14.5. The van der Waals surface area contributed by atoms with E-state index in [0.717, 1.165) is 11.0 Å². The minimum absolute atomic E-state index is 0.339. The van der Waals surface area contributed by atoms with Crippen LogP contribution in [0.3, 0.4) is 0 Å². The van der Waals surface area contributed by atoms with Crippen molar-refractivity contribution in [1.29, 1.82) is 0 Å². The lowest BCUT2D eigenvalue weighted by atomic mass is 9.77. The Kier molecular flexibility index (Phi) is 4.92. The van der Waals surface area contributed by atoms with Gasteiger partial charge in [0, 0.05) is 11.6 Å². The Labute approximate surface area is 137 Å². The van der Waals surface area contributed by atoms with Crippen LogP contribution >= 0.6 is 11.6 Å². The van der Waals surface area contributed by atoms with Crippen molar-refractivity contribution in [3.8, 4) is 5.75 Å². The molecule has 4 nitrogen and oxygen atoms in total. The Morgan fingerprint density at radius 3 is 2.32 bits per heavy atom. The summed E-state index contributed by atoms with van der Waals surface area (Å²) in [6, 6.07) is 5.51. The molecular weight excluding hydrogens is 300 g/mol. The van der Waals surface area contributed by atoms with Gasteiger partial charge in [-0.1, -0.05) is 17.7 Å². The van der Waals surface area contributed by atoms with E-state index < -0.39 is 18.3 Å². The van der Waals surface area contributed by atoms with Gasteiger partial charge >= 0.3 is 7.12 Å². The maximum atomic E-state index is 6.10. The zero-order valence-electron chi connectivity index (χ0n) is 13.8. The molecule has 2 rings (SSSR count). The van der Waals surface area contributed by atoms with Crippen molar-refractivity contribution in [2.24, 2.45) is 5.73 Å². The van der Waals surface area contributed by atoms with Crippen LogP contribution in [-0.4, -0.2) is 32.0 Å². The highest BCUT2D eigenvalue weighted by molar-refractivity contribution is 6.55. The van der Waals surface area contributed by atoms with Gasteiger partial charge in [-0.2, -0.15) is 0 Å². The average Bonchev–Trinajstić information content (AvgIpc) is 2.64. The van der Waals surface area contributed by atoms with Crippen LogP contribution < -0.4 is 10.5 Å². The number of rotatable bonds is 4. The van der Waals surface area contributed by atoms with E-state index in [1.807, 2.05) is 45.9 Å². The highest BCUT2D eigenvalue weighted by atomic mass is 35.5. The van der Waals surface area contributed by atoms with Crippen molar-refractivity contribution < 1.29 is 14.0 Å². The quantitative estimate of drug-likeness (QED) is 0.864. The molecule has 0 aromatic heterocycles. The topological polar surface area (TPSA) is 53.7 Å². The van der Waals surface area contributed by atoms with Crippen LogP contribution in [-0.2, 0) is 9.31 Å². The first-order chi connectivity index (χ1) is 10.2. The van der Waals surface area contributed by atoms with E-state index in [0.29, 0.717) is 17.3 Å². The number of halogens is 1. The number of methoxy groups -OCH3 is 1. The number of benzene rings is 1. The predicted octanol–water partition coefficient (Wildman–Crippen LogP) is 3.32. The van der Waals surface area contributed by atoms with E-state index in [-0.39, 0.29) is 0 Å². The van der Waals surface area contributed by atoms with Crippen LogP contribution in [0.5, 0.6) is 5.75 Å². The second-order valence-corrected chi connectivity index (χ2v) is 6.87. The minimum Gasteiger partial charge on any atom is -0.497 e. The van der Waals surface area contributed by atoms with Gasteiger partial charge in [0.1, 0.15) is 5.75 Å². The second-order valence-electron chi connectivity index (χ2n) is 6.44. The molecule has 0 spiro atoms. The van der Waals surface area contributed by atoms with Gasteiger partial charge in [0.05, 0.1) is 18.3 Å². The number of hydrogen-bond acceptors (Lipinski definition) is 4. The monoisotopic (exact) mass is 323 g/mol. The van der Waals surface area contributed by atoms with E-state index in [1.54, 1.807) is 13.2 Å². The molecule has 2 N–H and O–H groups in total.